The zero-order valence-corrected chi connectivity index (χ0v) is 18.2. The van der Waals surface area contributed by atoms with Crippen LogP contribution in [-0.2, 0) is 10.9 Å². The highest BCUT2D eigenvalue weighted by Crippen LogP contribution is 2.34. The highest BCUT2D eigenvalue weighted by Gasteiger charge is 2.33. The molecule has 0 unspecified atom stereocenters. The van der Waals surface area contributed by atoms with Gasteiger partial charge in [-0.1, -0.05) is 20.4 Å². The molecule has 1 saturated heterocycles. The van der Waals surface area contributed by atoms with Gasteiger partial charge in [0.05, 0.1) is 17.2 Å². The predicted octanol–water partition coefficient (Wildman–Crippen LogP) is 5.83. The normalized spacial score (nSPS) is 14.8. The monoisotopic (exact) mass is 444 g/mol. The van der Waals surface area contributed by atoms with Gasteiger partial charge in [0.15, 0.2) is 0 Å². The van der Waals surface area contributed by atoms with Gasteiger partial charge in [-0.3, -0.25) is 0 Å². The molecule has 0 aliphatic carbocycles. The summed E-state index contributed by atoms with van der Waals surface area (Å²) in [5.41, 5.74) is 1.46. The number of alkyl halides is 3. The Balaban J connectivity index is 1.79. The number of ether oxygens (including phenoxy) is 1. The molecular weight excluding hydrogens is 417 g/mol. The van der Waals surface area contributed by atoms with Crippen molar-refractivity contribution in [3.63, 3.8) is 0 Å². The van der Waals surface area contributed by atoms with Crippen molar-refractivity contribution in [1.82, 2.24) is 10.3 Å². The van der Waals surface area contributed by atoms with Gasteiger partial charge >= 0.3 is 6.18 Å². The van der Waals surface area contributed by atoms with Crippen LogP contribution in [0.5, 0.6) is 0 Å². The number of hydrogen-bond donors (Lipinski definition) is 2. The number of nitrogens with one attached hydrogen (secondary N) is 2. The van der Waals surface area contributed by atoms with E-state index in [0.717, 1.165) is 61.6 Å². The lowest BCUT2D eigenvalue weighted by atomic mass is 9.96. The highest BCUT2D eigenvalue weighted by molar-refractivity contribution is 5.68. The van der Waals surface area contributed by atoms with Crippen molar-refractivity contribution in [2.24, 2.45) is 5.92 Å². The van der Waals surface area contributed by atoms with Crippen LogP contribution in [0.15, 0.2) is 37.0 Å². The average molecular weight is 445 g/mol. The summed E-state index contributed by atoms with van der Waals surface area (Å²) in [6, 6.07) is 6.94. The maximum Gasteiger partial charge on any atom is 0.417 e. The molecular formula is C24H27F3N4O. The molecule has 2 N–H and O–H groups in total. The van der Waals surface area contributed by atoms with E-state index in [1.54, 1.807) is 12.3 Å². The molecule has 0 bridgehead atoms. The Kier molecular flexibility index (Phi) is 7.41. The Morgan fingerprint density at radius 3 is 2.62 bits per heavy atom. The topological polar surface area (TPSA) is 70.0 Å². The molecule has 8 heteroatoms. The van der Waals surface area contributed by atoms with E-state index in [4.69, 9.17) is 10.00 Å². The van der Waals surface area contributed by atoms with Crippen LogP contribution in [0.4, 0.5) is 24.7 Å². The van der Waals surface area contributed by atoms with Gasteiger partial charge in [0, 0.05) is 42.9 Å². The van der Waals surface area contributed by atoms with Crippen LogP contribution in [0.3, 0.4) is 0 Å². The van der Waals surface area contributed by atoms with Crippen LogP contribution >= 0.6 is 0 Å². The van der Waals surface area contributed by atoms with Crippen molar-refractivity contribution in [3.8, 4) is 6.07 Å². The largest absolute Gasteiger partial charge is 0.417 e. The Morgan fingerprint density at radius 2 is 2.00 bits per heavy atom. The zero-order chi connectivity index (χ0) is 23.3. The minimum Gasteiger partial charge on any atom is -0.385 e. The summed E-state index contributed by atoms with van der Waals surface area (Å²) in [4.78, 5) is 4.39. The number of hydrogen-bond acceptors (Lipinski definition) is 5. The van der Waals surface area contributed by atoms with Gasteiger partial charge in [-0.15, -0.1) is 0 Å². The molecule has 1 aromatic carbocycles. The molecule has 1 fully saturated rings. The second-order valence-electron chi connectivity index (χ2n) is 8.22. The molecule has 0 atom stereocenters. The van der Waals surface area contributed by atoms with E-state index < -0.39 is 17.3 Å². The molecule has 32 heavy (non-hydrogen) atoms. The first kappa shape index (κ1) is 23.6. The molecule has 1 aliphatic rings. The van der Waals surface area contributed by atoms with Crippen LogP contribution in [0, 0.1) is 17.2 Å². The summed E-state index contributed by atoms with van der Waals surface area (Å²) < 4.78 is 45.2. The lowest BCUT2D eigenvalue weighted by Gasteiger charge is -2.24. The molecule has 3 rings (SSSR count). The van der Waals surface area contributed by atoms with E-state index in [-0.39, 0.29) is 11.6 Å². The van der Waals surface area contributed by atoms with Gasteiger partial charge in [-0.05, 0) is 54.5 Å². The number of benzene rings is 1. The second-order valence-corrected chi connectivity index (χ2v) is 8.22. The van der Waals surface area contributed by atoms with Gasteiger partial charge < -0.3 is 15.4 Å². The smallest absolute Gasteiger partial charge is 0.385 e. The Labute approximate surface area is 186 Å². The predicted molar refractivity (Wildman–Crippen MR) is 118 cm³/mol. The number of rotatable bonds is 7. The van der Waals surface area contributed by atoms with Gasteiger partial charge in [-0.2, -0.15) is 18.4 Å². The van der Waals surface area contributed by atoms with Gasteiger partial charge in [-0.25, -0.2) is 4.98 Å². The summed E-state index contributed by atoms with van der Waals surface area (Å²) in [6.45, 7) is 10.6. The summed E-state index contributed by atoms with van der Waals surface area (Å²) in [6.07, 6.45) is -0.895. The number of pyridine rings is 1. The van der Waals surface area contributed by atoms with Gasteiger partial charge in [0.2, 0.25) is 0 Å². The fraction of sp³-hybridized carbons (Fsp3) is 0.417. The van der Waals surface area contributed by atoms with Gasteiger partial charge in [0.1, 0.15) is 5.82 Å². The third-order valence-electron chi connectivity index (χ3n) is 5.55. The van der Waals surface area contributed by atoms with E-state index in [0.29, 0.717) is 11.7 Å². The summed E-state index contributed by atoms with van der Waals surface area (Å²) in [5, 5.41) is 15.3. The molecule has 5 nitrogen and oxygen atoms in total. The van der Waals surface area contributed by atoms with E-state index in [1.807, 2.05) is 19.9 Å². The third-order valence-corrected chi connectivity index (χ3v) is 5.55. The van der Waals surface area contributed by atoms with Gasteiger partial charge in [0.25, 0.3) is 0 Å². The fourth-order valence-electron chi connectivity index (χ4n) is 3.68. The molecule has 170 valence electrons. The maximum atomic E-state index is 13.3. The first-order valence-electron chi connectivity index (χ1n) is 10.6. The van der Waals surface area contributed by atoms with E-state index in [1.165, 1.54) is 6.07 Å². The molecule has 2 aromatic rings. The fourth-order valence-corrected chi connectivity index (χ4v) is 3.68. The second kappa shape index (κ2) is 10.0. The summed E-state index contributed by atoms with van der Waals surface area (Å²) in [7, 11) is 0. The van der Waals surface area contributed by atoms with Crippen LogP contribution in [0.1, 0.15) is 54.9 Å². The SMILES string of the molecule is C=C(NCC1CCOCC1)c1cnc(Nc2ccc(C#N)c(C(F)(F)F)c2)cc1C(C)C. The summed E-state index contributed by atoms with van der Waals surface area (Å²) >= 11 is 0. The quantitative estimate of drug-likeness (QED) is 0.563. The van der Waals surface area contributed by atoms with Crippen molar-refractivity contribution >= 4 is 17.2 Å². The third kappa shape index (κ3) is 5.80. The number of aromatic nitrogens is 1. The van der Waals surface area contributed by atoms with Crippen LogP contribution in [-0.4, -0.2) is 24.7 Å². The first-order chi connectivity index (χ1) is 15.2. The van der Waals surface area contributed by atoms with Crippen molar-refractivity contribution in [3.05, 3.63) is 59.3 Å². The van der Waals surface area contributed by atoms with Crippen molar-refractivity contribution in [2.75, 3.05) is 25.1 Å². The molecule has 1 aromatic heterocycles. The molecule has 2 heterocycles. The number of anilines is 2. The van der Waals surface area contributed by atoms with Crippen LogP contribution < -0.4 is 10.6 Å². The molecule has 0 spiro atoms. The minimum atomic E-state index is -4.61. The maximum absolute atomic E-state index is 13.3. The van der Waals surface area contributed by atoms with Crippen molar-refractivity contribution < 1.29 is 17.9 Å². The molecule has 1 aliphatic heterocycles. The zero-order valence-electron chi connectivity index (χ0n) is 18.2. The molecule has 0 radical (unpaired) electrons. The van der Waals surface area contributed by atoms with Crippen molar-refractivity contribution in [1.29, 1.82) is 5.26 Å². The Morgan fingerprint density at radius 1 is 1.28 bits per heavy atom. The standard InChI is InChI=1S/C24H27F3N4O/c1-15(2)20-11-23(31-19-5-4-18(12-28)22(10-19)24(25,26)27)30-14-21(20)16(3)29-13-17-6-8-32-9-7-17/h4-5,10-11,14-15,17,29H,3,6-9,13H2,1-2H3,(H,30,31). The lowest BCUT2D eigenvalue weighted by Crippen LogP contribution is -2.27. The van der Waals surface area contributed by atoms with Crippen molar-refractivity contribution in [2.45, 2.75) is 38.8 Å². The van der Waals surface area contributed by atoms with E-state index in [2.05, 4.69) is 22.2 Å². The van der Waals surface area contributed by atoms with E-state index >= 15 is 0 Å². The minimum absolute atomic E-state index is 0.155. The van der Waals surface area contributed by atoms with Crippen LogP contribution in [0.25, 0.3) is 5.70 Å². The summed E-state index contributed by atoms with van der Waals surface area (Å²) in [5.74, 6) is 1.12. The van der Waals surface area contributed by atoms with Crippen LogP contribution in [0.2, 0.25) is 0 Å². The Bertz CT molecular complexity index is 1010. The number of nitrogens with zero attached hydrogens (tertiary/aromatic N) is 2. The number of halogens is 3. The highest BCUT2D eigenvalue weighted by atomic mass is 19.4. The number of nitriles is 1. The average Bonchev–Trinajstić information content (AvgIpc) is 2.77. The Hall–Kier alpha value is -3.05. The first-order valence-corrected chi connectivity index (χ1v) is 10.6. The molecule has 0 saturated carbocycles. The molecule has 0 amide bonds. The van der Waals surface area contributed by atoms with E-state index in [9.17, 15) is 13.2 Å². The lowest BCUT2D eigenvalue weighted by molar-refractivity contribution is -0.137.